The molecular formula is C11H15BrN2O3. The quantitative estimate of drug-likeness (QED) is 0.853. The average molecular weight is 303 g/mol. The molecular weight excluding hydrogens is 288 g/mol. The summed E-state index contributed by atoms with van der Waals surface area (Å²) in [6, 6.07) is 3.37. The summed E-state index contributed by atoms with van der Waals surface area (Å²) in [6.45, 7) is 5.38. The molecule has 1 N–H and O–H groups in total. The van der Waals surface area contributed by atoms with Crippen LogP contribution < -0.4 is 9.64 Å². The zero-order valence-corrected chi connectivity index (χ0v) is 11.8. The Morgan fingerprint density at radius 2 is 2.06 bits per heavy atom. The van der Waals surface area contributed by atoms with Crippen molar-refractivity contribution < 1.29 is 14.6 Å². The first-order valence-corrected chi connectivity index (χ1v) is 5.80. The fourth-order valence-electron chi connectivity index (χ4n) is 1.43. The Morgan fingerprint density at radius 3 is 2.47 bits per heavy atom. The van der Waals surface area contributed by atoms with E-state index in [9.17, 15) is 9.90 Å². The van der Waals surface area contributed by atoms with Crippen LogP contribution in [0.4, 0.5) is 10.6 Å². The number of anilines is 1. The molecule has 0 aliphatic carbocycles. The van der Waals surface area contributed by atoms with Crippen LogP contribution in [0.15, 0.2) is 16.7 Å². The first-order valence-electron chi connectivity index (χ1n) is 5.01. The van der Waals surface area contributed by atoms with E-state index >= 15 is 0 Å². The van der Waals surface area contributed by atoms with Crippen LogP contribution in [-0.4, -0.2) is 28.8 Å². The molecule has 5 nitrogen and oxygen atoms in total. The molecule has 17 heavy (non-hydrogen) atoms. The normalized spacial score (nSPS) is 11.1. The molecule has 0 bridgehead atoms. The van der Waals surface area contributed by atoms with Gasteiger partial charge in [0.15, 0.2) is 11.6 Å². The second-order valence-electron chi connectivity index (χ2n) is 4.45. The highest BCUT2D eigenvalue weighted by atomic mass is 79.9. The standard InChI is InChI=1S/C11H15BrN2O3/c1-11(2,3)14(10(15)16)9-7(17-4)5-6-8(12)13-9/h5-6H,1-4H3,(H,15,16). The monoisotopic (exact) mass is 302 g/mol. The third-order valence-corrected chi connectivity index (χ3v) is 2.54. The van der Waals surface area contributed by atoms with Crippen molar-refractivity contribution in [2.45, 2.75) is 26.3 Å². The van der Waals surface area contributed by atoms with E-state index in [4.69, 9.17) is 4.74 Å². The number of hydrogen-bond donors (Lipinski definition) is 1. The number of rotatable bonds is 2. The number of carbonyl (C=O) groups is 1. The summed E-state index contributed by atoms with van der Waals surface area (Å²) in [5.74, 6) is 0.701. The number of aromatic nitrogens is 1. The van der Waals surface area contributed by atoms with Crippen molar-refractivity contribution >= 4 is 27.8 Å². The van der Waals surface area contributed by atoms with Gasteiger partial charge in [0.25, 0.3) is 0 Å². The van der Waals surface area contributed by atoms with Gasteiger partial charge < -0.3 is 9.84 Å². The van der Waals surface area contributed by atoms with E-state index in [-0.39, 0.29) is 5.82 Å². The Kier molecular flexibility index (Phi) is 3.98. The number of nitrogens with zero attached hydrogens (tertiary/aromatic N) is 2. The summed E-state index contributed by atoms with van der Waals surface area (Å²) in [6.07, 6.45) is -1.07. The lowest BCUT2D eigenvalue weighted by molar-refractivity contribution is 0.195. The Bertz CT molecular complexity index is 429. The number of amides is 1. The lowest BCUT2D eigenvalue weighted by atomic mass is 10.1. The SMILES string of the molecule is COc1ccc(Br)nc1N(C(=O)O)C(C)(C)C. The maximum absolute atomic E-state index is 11.3. The summed E-state index contributed by atoms with van der Waals surface area (Å²) >= 11 is 3.22. The number of ether oxygens (including phenoxy) is 1. The van der Waals surface area contributed by atoms with Crippen LogP contribution in [0.3, 0.4) is 0 Å². The van der Waals surface area contributed by atoms with E-state index in [0.29, 0.717) is 10.4 Å². The van der Waals surface area contributed by atoms with Crippen molar-refractivity contribution in [1.29, 1.82) is 0 Å². The van der Waals surface area contributed by atoms with Crippen molar-refractivity contribution in [3.05, 3.63) is 16.7 Å². The van der Waals surface area contributed by atoms with Crippen LogP contribution in [0.2, 0.25) is 0 Å². The van der Waals surface area contributed by atoms with Gasteiger partial charge in [0.2, 0.25) is 0 Å². The first-order chi connectivity index (χ1) is 7.77. The third kappa shape index (κ3) is 3.09. The molecule has 1 rings (SSSR count). The minimum absolute atomic E-state index is 0.280. The van der Waals surface area contributed by atoms with Gasteiger partial charge in [-0.3, -0.25) is 4.90 Å². The van der Waals surface area contributed by atoms with Crippen LogP contribution in [-0.2, 0) is 0 Å². The Hall–Kier alpha value is -1.30. The molecule has 0 aliphatic rings. The topological polar surface area (TPSA) is 62.7 Å². The fourth-order valence-corrected chi connectivity index (χ4v) is 1.73. The van der Waals surface area contributed by atoms with E-state index in [1.165, 1.54) is 12.0 Å². The van der Waals surface area contributed by atoms with Gasteiger partial charge in [-0.15, -0.1) is 0 Å². The average Bonchev–Trinajstić information content (AvgIpc) is 2.15. The predicted molar refractivity (Wildman–Crippen MR) is 68.7 cm³/mol. The predicted octanol–water partition coefficient (Wildman–Crippen LogP) is 3.14. The molecule has 0 spiro atoms. The molecule has 0 unspecified atom stereocenters. The number of hydrogen-bond acceptors (Lipinski definition) is 3. The Morgan fingerprint density at radius 1 is 1.47 bits per heavy atom. The zero-order valence-electron chi connectivity index (χ0n) is 10.2. The van der Waals surface area contributed by atoms with E-state index in [1.807, 2.05) is 0 Å². The lowest BCUT2D eigenvalue weighted by Gasteiger charge is -2.32. The van der Waals surface area contributed by atoms with Gasteiger partial charge in [-0.25, -0.2) is 9.78 Å². The number of methoxy groups -OCH3 is 1. The molecule has 1 amide bonds. The van der Waals surface area contributed by atoms with Crippen molar-refractivity contribution in [1.82, 2.24) is 4.98 Å². The summed E-state index contributed by atoms with van der Waals surface area (Å²) < 4.78 is 5.70. The van der Waals surface area contributed by atoms with Gasteiger partial charge in [0.1, 0.15) is 4.60 Å². The van der Waals surface area contributed by atoms with Gasteiger partial charge in [-0.1, -0.05) is 0 Å². The first kappa shape index (κ1) is 13.8. The zero-order chi connectivity index (χ0) is 13.2. The molecule has 0 fully saturated rings. The largest absolute Gasteiger partial charge is 0.493 e. The van der Waals surface area contributed by atoms with Crippen LogP contribution in [0.5, 0.6) is 5.75 Å². The van der Waals surface area contributed by atoms with Gasteiger partial charge in [-0.2, -0.15) is 0 Å². The smallest absolute Gasteiger partial charge is 0.413 e. The van der Waals surface area contributed by atoms with Crippen molar-refractivity contribution in [3.63, 3.8) is 0 Å². The minimum Gasteiger partial charge on any atom is -0.493 e. The number of carboxylic acid groups (broad SMARTS) is 1. The summed E-state index contributed by atoms with van der Waals surface area (Å²) in [4.78, 5) is 16.7. The van der Waals surface area contributed by atoms with Crippen LogP contribution in [0, 0.1) is 0 Å². The summed E-state index contributed by atoms with van der Waals surface area (Å²) in [5, 5.41) is 9.29. The second kappa shape index (κ2) is 4.91. The minimum atomic E-state index is -1.07. The molecule has 0 saturated heterocycles. The molecule has 6 heteroatoms. The van der Waals surface area contributed by atoms with Gasteiger partial charge in [-0.05, 0) is 48.8 Å². The molecule has 1 aromatic rings. The van der Waals surface area contributed by atoms with Crippen molar-refractivity contribution in [2.24, 2.45) is 0 Å². The number of halogens is 1. The Balaban J connectivity index is 3.37. The molecule has 0 saturated carbocycles. The lowest BCUT2D eigenvalue weighted by Crippen LogP contribution is -2.45. The van der Waals surface area contributed by atoms with Crippen LogP contribution >= 0.6 is 15.9 Å². The van der Waals surface area contributed by atoms with Crippen LogP contribution in [0.1, 0.15) is 20.8 Å². The molecule has 0 atom stereocenters. The fraction of sp³-hybridized carbons (Fsp3) is 0.455. The highest BCUT2D eigenvalue weighted by Crippen LogP contribution is 2.32. The number of pyridine rings is 1. The Labute approximate surface area is 109 Å². The highest BCUT2D eigenvalue weighted by molar-refractivity contribution is 9.10. The maximum atomic E-state index is 11.3. The highest BCUT2D eigenvalue weighted by Gasteiger charge is 2.31. The molecule has 0 aromatic carbocycles. The molecule has 0 radical (unpaired) electrons. The summed E-state index contributed by atoms with van der Waals surface area (Å²) in [5.41, 5.74) is -0.604. The third-order valence-electron chi connectivity index (χ3n) is 2.10. The molecule has 1 heterocycles. The van der Waals surface area contributed by atoms with Crippen molar-refractivity contribution in [2.75, 3.05) is 12.0 Å². The van der Waals surface area contributed by atoms with E-state index in [0.717, 1.165) is 0 Å². The van der Waals surface area contributed by atoms with Gasteiger partial charge >= 0.3 is 6.09 Å². The maximum Gasteiger partial charge on any atom is 0.413 e. The molecule has 0 aliphatic heterocycles. The second-order valence-corrected chi connectivity index (χ2v) is 5.26. The van der Waals surface area contributed by atoms with Gasteiger partial charge in [0, 0.05) is 5.54 Å². The van der Waals surface area contributed by atoms with Gasteiger partial charge in [0.05, 0.1) is 7.11 Å². The molecule has 94 valence electrons. The van der Waals surface area contributed by atoms with E-state index in [2.05, 4.69) is 20.9 Å². The van der Waals surface area contributed by atoms with Crippen molar-refractivity contribution in [3.8, 4) is 5.75 Å². The van der Waals surface area contributed by atoms with E-state index < -0.39 is 11.6 Å². The van der Waals surface area contributed by atoms with E-state index in [1.54, 1.807) is 32.9 Å². The summed E-state index contributed by atoms with van der Waals surface area (Å²) in [7, 11) is 1.48. The van der Waals surface area contributed by atoms with Crippen LogP contribution in [0.25, 0.3) is 0 Å². The molecule has 1 aromatic heterocycles.